The van der Waals surface area contributed by atoms with E-state index >= 15 is 0 Å². The molecule has 1 saturated carbocycles. The predicted molar refractivity (Wildman–Crippen MR) is 154 cm³/mol. The first-order valence-corrected chi connectivity index (χ1v) is 14.0. The molecule has 6 heteroatoms. The average molecular weight is 503 g/mol. The van der Waals surface area contributed by atoms with E-state index in [1.54, 1.807) is 0 Å². The third-order valence-corrected chi connectivity index (χ3v) is 8.53. The van der Waals surface area contributed by atoms with Crippen LogP contribution in [0.1, 0.15) is 43.8 Å². The molecule has 192 valence electrons. The van der Waals surface area contributed by atoms with Gasteiger partial charge in [-0.2, -0.15) is 0 Å². The Balaban J connectivity index is 1.26. The molecule has 0 unspecified atom stereocenters. The molecule has 0 radical (unpaired) electrons. The summed E-state index contributed by atoms with van der Waals surface area (Å²) in [5.41, 5.74) is 6.20. The fraction of sp³-hybridized carbons (Fsp3) is 0.344. The standard InChI is InChI=1S/C32H34N6/c1-33-31-30-29(26-13-12-24-14-15-27(35-28(24)20-26)23-6-3-2-4-7-23)36-32(38(30)19-16-34-31)25-10-8-22(9-11-25)21-37-17-5-18-37/h2-4,6-7,12-16,19-20,22,25H,5,8-11,17-18,21H2,1H3,(H,33,34). The molecule has 0 bridgehead atoms. The minimum atomic E-state index is 0.472. The second kappa shape index (κ2) is 9.84. The van der Waals surface area contributed by atoms with E-state index in [0.717, 1.165) is 50.7 Å². The molecule has 1 saturated heterocycles. The van der Waals surface area contributed by atoms with E-state index in [2.05, 4.69) is 80.4 Å². The van der Waals surface area contributed by atoms with Crippen LogP contribution in [-0.4, -0.2) is 50.9 Å². The van der Waals surface area contributed by atoms with Crippen molar-refractivity contribution < 1.29 is 0 Å². The molecule has 0 spiro atoms. The lowest BCUT2D eigenvalue weighted by Crippen LogP contribution is -2.41. The number of nitrogens with zero attached hydrogens (tertiary/aromatic N) is 5. The van der Waals surface area contributed by atoms with Crippen molar-refractivity contribution in [3.8, 4) is 22.5 Å². The molecule has 1 N–H and O–H groups in total. The lowest BCUT2D eigenvalue weighted by molar-refractivity contribution is 0.132. The first-order valence-electron chi connectivity index (χ1n) is 14.0. The molecule has 1 aliphatic heterocycles. The molecule has 2 aromatic carbocycles. The lowest BCUT2D eigenvalue weighted by Gasteiger charge is -2.36. The first kappa shape index (κ1) is 23.4. The van der Waals surface area contributed by atoms with Crippen LogP contribution in [0.4, 0.5) is 5.82 Å². The summed E-state index contributed by atoms with van der Waals surface area (Å²) in [4.78, 5) is 17.6. The summed E-state index contributed by atoms with van der Waals surface area (Å²) in [6, 6.07) is 21.1. The Morgan fingerprint density at radius 3 is 2.47 bits per heavy atom. The number of hydrogen-bond acceptors (Lipinski definition) is 5. The number of aromatic nitrogens is 4. The normalized spacial score (nSPS) is 20.0. The van der Waals surface area contributed by atoms with Crippen molar-refractivity contribution in [1.82, 2.24) is 24.3 Å². The summed E-state index contributed by atoms with van der Waals surface area (Å²) in [5.74, 6) is 3.33. The number of rotatable bonds is 6. The van der Waals surface area contributed by atoms with Crippen molar-refractivity contribution in [2.24, 2.45) is 5.92 Å². The summed E-state index contributed by atoms with van der Waals surface area (Å²) in [7, 11) is 1.94. The van der Waals surface area contributed by atoms with Crippen LogP contribution in [0.2, 0.25) is 0 Å². The molecule has 1 aliphatic carbocycles. The molecular weight excluding hydrogens is 468 g/mol. The van der Waals surface area contributed by atoms with E-state index in [9.17, 15) is 0 Å². The lowest BCUT2D eigenvalue weighted by atomic mass is 9.81. The molecule has 0 atom stereocenters. The van der Waals surface area contributed by atoms with Gasteiger partial charge in [0.2, 0.25) is 0 Å². The molecule has 3 aromatic heterocycles. The van der Waals surface area contributed by atoms with E-state index in [1.807, 2.05) is 19.3 Å². The quantitative estimate of drug-likeness (QED) is 0.282. The molecule has 4 heterocycles. The largest absolute Gasteiger partial charge is 0.371 e. The molecular formula is C32H34N6. The summed E-state index contributed by atoms with van der Waals surface area (Å²) >= 11 is 0. The Morgan fingerprint density at radius 1 is 0.895 bits per heavy atom. The van der Waals surface area contributed by atoms with Crippen LogP contribution in [0.5, 0.6) is 0 Å². The number of anilines is 1. The monoisotopic (exact) mass is 502 g/mol. The molecule has 38 heavy (non-hydrogen) atoms. The summed E-state index contributed by atoms with van der Waals surface area (Å²) in [5, 5.41) is 4.44. The highest BCUT2D eigenvalue weighted by atomic mass is 15.2. The van der Waals surface area contributed by atoms with Crippen molar-refractivity contribution in [2.45, 2.75) is 38.0 Å². The average Bonchev–Trinajstić information content (AvgIpc) is 3.35. The van der Waals surface area contributed by atoms with E-state index in [-0.39, 0.29) is 0 Å². The van der Waals surface area contributed by atoms with E-state index in [4.69, 9.17) is 9.97 Å². The Kier molecular flexibility index (Phi) is 6.05. The van der Waals surface area contributed by atoms with Gasteiger partial charge in [-0.15, -0.1) is 0 Å². The highest BCUT2D eigenvalue weighted by Gasteiger charge is 2.29. The SMILES string of the molecule is CNc1nccn2c(C3CCC(CN4CCC4)CC3)nc(-c3ccc4ccc(-c5ccccc5)nc4c3)c12. The van der Waals surface area contributed by atoms with Gasteiger partial charge in [0.25, 0.3) is 0 Å². The topological polar surface area (TPSA) is 58.4 Å². The van der Waals surface area contributed by atoms with Crippen LogP contribution in [-0.2, 0) is 0 Å². The van der Waals surface area contributed by atoms with E-state index in [0.29, 0.717) is 5.92 Å². The van der Waals surface area contributed by atoms with Crippen molar-refractivity contribution in [1.29, 1.82) is 0 Å². The predicted octanol–water partition coefficient (Wildman–Crippen LogP) is 6.63. The van der Waals surface area contributed by atoms with E-state index < -0.39 is 0 Å². The highest BCUT2D eigenvalue weighted by Crippen LogP contribution is 2.39. The summed E-state index contributed by atoms with van der Waals surface area (Å²) in [6.45, 7) is 3.87. The number of hydrogen-bond donors (Lipinski definition) is 1. The number of likely N-dealkylation sites (tertiary alicyclic amines) is 1. The van der Waals surface area contributed by atoms with Gasteiger partial charge in [-0.25, -0.2) is 15.0 Å². The minimum Gasteiger partial charge on any atom is -0.371 e. The summed E-state index contributed by atoms with van der Waals surface area (Å²) < 4.78 is 2.28. The number of benzene rings is 2. The van der Waals surface area contributed by atoms with Crippen LogP contribution in [0.15, 0.2) is 73.1 Å². The van der Waals surface area contributed by atoms with Crippen LogP contribution in [0.25, 0.3) is 38.9 Å². The number of nitrogens with one attached hydrogen (secondary N) is 1. The zero-order valence-corrected chi connectivity index (χ0v) is 22.0. The van der Waals surface area contributed by atoms with Gasteiger partial charge in [0.15, 0.2) is 5.82 Å². The fourth-order valence-corrected chi connectivity index (χ4v) is 6.30. The Labute approximate surface area is 223 Å². The van der Waals surface area contributed by atoms with Crippen molar-refractivity contribution in [2.75, 3.05) is 32.0 Å². The van der Waals surface area contributed by atoms with Gasteiger partial charge in [0, 0.05) is 48.4 Å². The summed E-state index contributed by atoms with van der Waals surface area (Å²) in [6.07, 6.45) is 10.3. The Hall–Kier alpha value is -3.77. The number of imidazole rings is 1. The van der Waals surface area contributed by atoms with Gasteiger partial charge in [-0.3, -0.25) is 4.40 Å². The molecule has 0 amide bonds. The third-order valence-electron chi connectivity index (χ3n) is 8.53. The van der Waals surface area contributed by atoms with Crippen molar-refractivity contribution in [3.63, 3.8) is 0 Å². The van der Waals surface area contributed by atoms with Gasteiger partial charge in [0.1, 0.15) is 17.0 Å². The smallest absolute Gasteiger partial charge is 0.152 e. The van der Waals surface area contributed by atoms with Crippen LogP contribution in [0, 0.1) is 5.92 Å². The van der Waals surface area contributed by atoms with Gasteiger partial charge >= 0.3 is 0 Å². The highest BCUT2D eigenvalue weighted by molar-refractivity contribution is 5.91. The van der Waals surface area contributed by atoms with Gasteiger partial charge in [-0.05, 0) is 63.2 Å². The van der Waals surface area contributed by atoms with Crippen LogP contribution in [0.3, 0.4) is 0 Å². The maximum Gasteiger partial charge on any atom is 0.152 e. The molecule has 7 rings (SSSR count). The van der Waals surface area contributed by atoms with Crippen molar-refractivity contribution in [3.05, 3.63) is 78.9 Å². The van der Waals surface area contributed by atoms with Gasteiger partial charge < -0.3 is 10.2 Å². The molecule has 2 fully saturated rings. The second-order valence-electron chi connectivity index (χ2n) is 10.9. The molecule has 5 aromatic rings. The minimum absolute atomic E-state index is 0.472. The number of pyridine rings is 1. The van der Waals surface area contributed by atoms with Crippen LogP contribution < -0.4 is 5.32 Å². The van der Waals surface area contributed by atoms with Crippen molar-refractivity contribution >= 4 is 22.2 Å². The zero-order valence-electron chi connectivity index (χ0n) is 22.0. The Morgan fingerprint density at radius 2 is 1.71 bits per heavy atom. The third kappa shape index (κ3) is 4.23. The fourth-order valence-electron chi connectivity index (χ4n) is 6.30. The Bertz CT molecular complexity index is 1580. The number of fused-ring (bicyclic) bond motifs is 2. The van der Waals surface area contributed by atoms with E-state index in [1.165, 1.54) is 57.6 Å². The second-order valence-corrected chi connectivity index (χ2v) is 10.9. The van der Waals surface area contributed by atoms with Gasteiger partial charge in [-0.1, -0.05) is 48.5 Å². The first-order chi connectivity index (χ1) is 18.8. The zero-order chi connectivity index (χ0) is 25.5. The maximum absolute atomic E-state index is 5.34. The molecule has 6 nitrogen and oxygen atoms in total. The van der Waals surface area contributed by atoms with Gasteiger partial charge in [0.05, 0.1) is 11.2 Å². The maximum atomic E-state index is 5.34. The molecule has 2 aliphatic rings. The van der Waals surface area contributed by atoms with Crippen LogP contribution >= 0.6 is 0 Å².